The molecule has 0 aliphatic carbocycles. The molecule has 7 nitrogen and oxygen atoms in total. The maximum Gasteiger partial charge on any atom is 0.511 e. The Morgan fingerprint density at radius 1 is 1.18 bits per heavy atom. The lowest BCUT2D eigenvalue weighted by molar-refractivity contribution is -0.125. The Hall–Kier alpha value is -3.39. The Morgan fingerprint density at radius 3 is 2.71 bits per heavy atom. The lowest BCUT2D eigenvalue weighted by Gasteiger charge is -2.50. The summed E-state index contributed by atoms with van der Waals surface area (Å²) in [6.45, 7) is 6.85. The van der Waals surface area contributed by atoms with Crippen molar-refractivity contribution in [3.63, 3.8) is 0 Å². The Bertz CT molecular complexity index is 1370. The van der Waals surface area contributed by atoms with Crippen LogP contribution in [0.4, 0.5) is 4.79 Å². The van der Waals surface area contributed by atoms with E-state index >= 15 is 0 Å². The summed E-state index contributed by atoms with van der Waals surface area (Å²) in [6.07, 6.45) is 3.91. The van der Waals surface area contributed by atoms with Gasteiger partial charge in [0.15, 0.2) is 0 Å². The first-order valence-corrected chi connectivity index (χ1v) is 13.1. The number of aliphatic hydroxyl groups is 1. The van der Waals surface area contributed by atoms with Crippen molar-refractivity contribution in [2.24, 2.45) is 5.41 Å². The molecule has 38 heavy (non-hydrogen) atoms. The van der Waals surface area contributed by atoms with Crippen LogP contribution < -0.4 is 9.47 Å². The molecule has 1 atom stereocenters. The van der Waals surface area contributed by atoms with E-state index in [-0.39, 0.29) is 11.2 Å². The molecule has 1 saturated heterocycles. The molecule has 3 heterocycles. The summed E-state index contributed by atoms with van der Waals surface area (Å²) in [6, 6.07) is 16.4. The second kappa shape index (κ2) is 10.4. The zero-order chi connectivity index (χ0) is 26.9. The molecule has 8 heteroatoms. The van der Waals surface area contributed by atoms with E-state index in [9.17, 15) is 9.90 Å². The molecular formula is C30H31ClN2O5. The number of rotatable bonds is 5. The topological polar surface area (TPSA) is 92.1 Å². The van der Waals surface area contributed by atoms with E-state index in [0.717, 1.165) is 54.0 Å². The standard InChI is InChI=1S/C30H31ClN2O5/c1-29(2)19-33(16-13-30(29,36)20-7-9-21(31)10-8-20)15-4-6-23-24-5-3-14-32-26(24)18-37-27-12-11-22(17-25(23)27)38-28(34)35/h3,5-12,14,17,36H,4,13,15-16,18-19H2,1-2H3,(H,34,35)/t30-/m0/s1. The number of pyridine rings is 1. The Balaban J connectivity index is 1.38. The number of carboxylic acid groups (broad SMARTS) is 1. The molecule has 0 bridgehead atoms. The molecule has 0 saturated carbocycles. The number of hydrogen-bond acceptors (Lipinski definition) is 6. The fourth-order valence-corrected chi connectivity index (χ4v) is 5.72. The van der Waals surface area contributed by atoms with Crippen molar-refractivity contribution in [2.75, 3.05) is 19.6 Å². The number of aromatic nitrogens is 1. The summed E-state index contributed by atoms with van der Waals surface area (Å²) in [5.74, 6) is 0.886. The molecule has 198 valence electrons. The van der Waals surface area contributed by atoms with Gasteiger partial charge in [-0.25, -0.2) is 4.79 Å². The zero-order valence-corrected chi connectivity index (χ0v) is 22.2. The summed E-state index contributed by atoms with van der Waals surface area (Å²) in [4.78, 5) is 18.0. The minimum absolute atomic E-state index is 0.234. The lowest BCUT2D eigenvalue weighted by atomic mass is 9.66. The van der Waals surface area contributed by atoms with Crippen molar-refractivity contribution in [3.8, 4) is 11.5 Å². The molecule has 2 aliphatic heterocycles. The number of nitrogens with zero attached hydrogens (tertiary/aromatic N) is 2. The van der Waals surface area contributed by atoms with Crippen LogP contribution in [0.3, 0.4) is 0 Å². The monoisotopic (exact) mass is 534 g/mol. The smallest absolute Gasteiger partial charge is 0.487 e. The predicted molar refractivity (Wildman–Crippen MR) is 146 cm³/mol. The van der Waals surface area contributed by atoms with Gasteiger partial charge in [0.1, 0.15) is 18.1 Å². The normalized spacial score (nSPS) is 21.6. The van der Waals surface area contributed by atoms with Gasteiger partial charge in [0, 0.05) is 47.4 Å². The average Bonchev–Trinajstić information content (AvgIpc) is 3.03. The van der Waals surface area contributed by atoms with Crippen molar-refractivity contribution >= 4 is 23.3 Å². The highest BCUT2D eigenvalue weighted by Crippen LogP contribution is 2.46. The molecule has 0 amide bonds. The third-order valence-corrected chi connectivity index (χ3v) is 7.89. The third-order valence-electron chi connectivity index (χ3n) is 7.64. The number of fused-ring (bicyclic) bond motifs is 2. The number of carbonyl (C=O) groups is 1. The van der Waals surface area contributed by atoms with Gasteiger partial charge in [0.05, 0.1) is 11.3 Å². The van der Waals surface area contributed by atoms with Crippen LogP contribution in [-0.4, -0.2) is 45.9 Å². The zero-order valence-electron chi connectivity index (χ0n) is 21.5. The number of piperidine rings is 1. The average molecular weight is 535 g/mol. The number of halogens is 1. The van der Waals surface area contributed by atoms with Gasteiger partial charge in [-0.1, -0.05) is 49.7 Å². The summed E-state index contributed by atoms with van der Waals surface area (Å²) in [5.41, 5.74) is 3.07. The van der Waals surface area contributed by atoms with Crippen molar-refractivity contribution in [1.82, 2.24) is 9.88 Å². The van der Waals surface area contributed by atoms with E-state index in [0.29, 0.717) is 23.8 Å². The van der Waals surface area contributed by atoms with Crippen molar-refractivity contribution < 1.29 is 24.5 Å². The minimum Gasteiger partial charge on any atom is -0.487 e. The van der Waals surface area contributed by atoms with Crippen LogP contribution >= 0.6 is 11.6 Å². The van der Waals surface area contributed by atoms with Crippen LogP contribution in [0.2, 0.25) is 5.02 Å². The minimum atomic E-state index is -1.36. The fraction of sp³-hybridized carbons (Fsp3) is 0.333. The molecule has 0 unspecified atom stereocenters. The first-order valence-electron chi connectivity index (χ1n) is 12.7. The molecule has 2 N–H and O–H groups in total. The Labute approximate surface area is 227 Å². The fourth-order valence-electron chi connectivity index (χ4n) is 5.59. The molecule has 1 fully saturated rings. The van der Waals surface area contributed by atoms with Crippen LogP contribution in [0.1, 0.15) is 49.1 Å². The molecule has 0 spiro atoms. The summed E-state index contributed by atoms with van der Waals surface area (Å²) in [7, 11) is 0. The number of ether oxygens (including phenoxy) is 2. The van der Waals surface area contributed by atoms with E-state index in [4.69, 9.17) is 26.2 Å². The van der Waals surface area contributed by atoms with Crippen LogP contribution in [0.5, 0.6) is 11.5 Å². The maximum absolute atomic E-state index is 11.7. The highest BCUT2D eigenvalue weighted by Gasteiger charge is 2.48. The Morgan fingerprint density at radius 2 is 1.97 bits per heavy atom. The van der Waals surface area contributed by atoms with Crippen molar-refractivity contribution in [1.29, 1.82) is 0 Å². The van der Waals surface area contributed by atoms with Crippen LogP contribution in [0.25, 0.3) is 5.57 Å². The summed E-state index contributed by atoms with van der Waals surface area (Å²) in [5, 5.41) is 21.4. The van der Waals surface area contributed by atoms with E-state index in [1.165, 1.54) is 0 Å². The molecular weight excluding hydrogens is 504 g/mol. The van der Waals surface area contributed by atoms with Gasteiger partial charge < -0.3 is 24.6 Å². The lowest BCUT2D eigenvalue weighted by Crippen LogP contribution is -2.55. The van der Waals surface area contributed by atoms with Gasteiger partial charge in [-0.15, -0.1) is 0 Å². The summed E-state index contributed by atoms with van der Waals surface area (Å²) >= 11 is 6.08. The molecule has 2 aromatic carbocycles. The second-order valence-corrected chi connectivity index (χ2v) is 10.9. The molecule has 2 aliphatic rings. The maximum atomic E-state index is 11.7. The van der Waals surface area contributed by atoms with Gasteiger partial charge in [-0.3, -0.25) is 4.98 Å². The highest BCUT2D eigenvalue weighted by atomic mass is 35.5. The van der Waals surface area contributed by atoms with E-state index in [1.807, 2.05) is 36.4 Å². The summed E-state index contributed by atoms with van der Waals surface area (Å²) < 4.78 is 10.9. The second-order valence-electron chi connectivity index (χ2n) is 10.5. The SMILES string of the molecule is CC1(C)CN(CCC=C2c3cc(OC(=O)O)ccc3OCc3ncccc32)CC[C@]1(O)c1ccc(Cl)cc1. The van der Waals surface area contributed by atoms with Gasteiger partial charge in [0.25, 0.3) is 0 Å². The number of hydrogen-bond donors (Lipinski definition) is 2. The van der Waals surface area contributed by atoms with Gasteiger partial charge >= 0.3 is 6.16 Å². The van der Waals surface area contributed by atoms with E-state index in [2.05, 4.69) is 29.8 Å². The van der Waals surface area contributed by atoms with Gasteiger partial charge in [-0.2, -0.15) is 0 Å². The highest BCUT2D eigenvalue weighted by molar-refractivity contribution is 6.30. The third kappa shape index (κ3) is 5.14. The first kappa shape index (κ1) is 26.2. The van der Waals surface area contributed by atoms with Crippen molar-refractivity contribution in [3.05, 3.63) is 94.3 Å². The van der Waals surface area contributed by atoms with E-state index < -0.39 is 11.8 Å². The van der Waals surface area contributed by atoms with Crippen LogP contribution in [0, 0.1) is 5.41 Å². The van der Waals surface area contributed by atoms with Crippen LogP contribution in [-0.2, 0) is 12.2 Å². The van der Waals surface area contributed by atoms with Gasteiger partial charge in [-0.05, 0) is 60.4 Å². The first-order chi connectivity index (χ1) is 18.2. The van der Waals surface area contributed by atoms with E-state index in [1.54, 1.807) is 24.4 Å². The molecule has 5 rings (SSSR count). The number of benzene rings is 2. The van der Waals surface area contributed by atoms with Crippen molar-refractivity contribution in [2.45, 2.75) is 38.9 Å². The molecule has 3 aromatic rings. The van der Waals surface area contributed by atoms with Crippen LogP contribution in [0.15, 0.2) is 66.9 Å². The number of likely N-dealkylation sites (tertiary alicyclic amines) is 1. The quantitative estimate of drug-likeness (QED) is 0.300. The van der Waals surface area contributed by atoms with Gasteiger partial charge in [0.2, 0.25) is 0 Å². The predicted octanol–water partition coefficient (Wildman–Crippen LogP) is 6.13. The Kier molecular flexibility index (Phi) is 7.18. The largest absolute Gasteiger partial charge is 0.511 e. The molecule has 1 aromatic heterocycles. The molecule has 0 radical (unpaired) electrons.